The zero-order chi connectivity index (χ0) is 18.7. The molecule has 0 spiro atoms. The molecule has 26 heavy (non-hydrogen) atoms. The minimum Gasteiger partial charge on any atom is -0.493 e. The fourth-order valence-corrected chi connectivity index (χ4v) is 4.62. The maximum atomic E-state index is 13.2. The second kappa shape index (κ2) is 7.50. The van der Waals surface area contributed by atoms with Gasteiger partial charge >= 0.3 is 0 Å². The van der Waals surface area contributed by atoms with Crippen molar-refractivity contribution in [2.24, 2.45) is 0 Å². The highest BCUT2D eigenvalue weighted by atomic mass is 32.2. The van der Waals surface area contributed by atoms with Crippen LogP contribution in [-0.4, -0.2) is 24.2 Å². The van der Waals surface area contributed by atoms with E-state index in [1.54, 1.807) is 32.0 Å². The lowest BCUT2D eigenvalue weighted by molar-refractivity contribution is 0.309. The minimum atomic E-state index is -3.77. The molecule has 5 nitrogen and oxygen atoms in total. The van der Waals surface area contributed by atoms with Gasteiger partial charge in [0, 0.05) is 10.8 Å². The van der Waals surface area contributed by atoms with E-state index in [4.69, 9.17) is 4.74 Å². The van der Waals surface area contributed by atoms with Gasteiger partial charge in [0.2, 0.25) is 0 Å². The summed E-state index contributed by atoms with van der Waals surface area (Å²) < 4.78 is 33.3. The van der Waals surface area contributed by atoms with E-state index in [2.05, 4.69) is 12.0 Å². The van der Waals surface area contributed by atoms with Crippen molar-refractivity contribution in [2.75, 3.05) is 6.61 Å². The van der Waals surface area contributed by atoms with Gasteiger partial charge in [0.05, 0.1) is 22.9 Å². The lowest BCUT2D eigenvalue weighted by Gasteiger charge is -2.13. The Bertz CT molecular complexity index is 1020. The van der Waals surface area contributed by atoms with Gasteiger partial charge in [0.1, 0.15) is 5.75 Å². The molecule has 0 saturated carbocycles. The van der Waals surface area contributed by atoms with Crippen molar-refractivity contribution < 1.29 is 13.2 Å². The highest BCUT2D eigenvalue weighted by Crippen LogP contribution is 2.32. The van der Waals surface area contributed by atoms with Gasteiger partial charge < -0.3 is 4.74 Å². The van der Waals surface area contributed by atoms with Crippen LogP contribution in [0.1, 0.15) is 37.6 Å². The van der Waals surface area contributed by atoms with Gasteiger partial charge in [0.15, 0.2) is 0 Å². The van der Waals surface area contributed by atoms with Crippen molar-refractivity contribution in [3.8, 4) is 5.75 Å². The van der Waals surface area contributed by atoms with Gasteiger partial charge in [-0.15, -0.1) is 0 Å². The molecular weight excluding hydrogens is 348 g/mol. The number of unbranched alkanes of at least 4 members (excludes halogenated alkanes) is 2. The number of hydrogen-bond acceptors (Lipinski definition) is 4. The highest BCUT2D eigenvalue weighted by molar-refractivity contribution is 7.90. The van der Waals surface area contributed by atoms with E-state index in [-0.39, 0.29) is 4.90 Å². The van der Waals surface area contributed by atoms with Gasteiger partial charge in [0.25, 0.3) is 10.0 Å². The number of hydrogen-bond donors (Lipinski definition) is 0. The molecular formula is C20H24N2O3S. The van der Waals surface area contributed by atoms with E-state index >= 15 is 0 Å². The molecule has 138 valence electrons. The van der Waals surface area contributed by atoms with E-state index in [9.17, 15) is 8.42 Å². The van der Waals surface area contributed by atoms with Crippen molar-refractivity contribution in [3.05, 3.63) is 53.9 Å². The van der Waals surface area contributed by atoms with E-state index in [1.165, 1.54) is 0 Å². The fourth-order valence-electron chi connectivity index (χ4n) is 3.07. The molecule has 1 heterocycles. The van der Waals surface area contributed by atoms with Gasteiger partial charge in [-0.05, 0) is 38.5 Å². The second-order valence-corrected chi connectivity index (χ2v) is 8.17. The second-order valence-electron chi connectivity index (χ2n) is 6.44. The Labute approximate surface area is 154 Å². The van der Waals surface area contributed by atoms with Crippen LogP contribution in [0.4, 0.5) is 0 Å². The first-order chi connectivity index (χ1) is 12.4. The zero-order valence-electron chi connectivity index (χ0n) is 15.4. The molecule has 6 heteroatoms. The third-order valence-corrected chi connectivity index (χ3v) is 6.06. The summed E-state index contributed by atoms with van der Waals surface area (Å²) in [7, 11) is -3.77. The first-order valence-corrected chi connectivity index (χ1v) is 10.3. The number of fused-ring (bicyclic) bond motifs is 1. The molecule has 3 rings (SSSR count). The van der Waals surface area contributed by atoms with E-state index in [0.29, 0.717) is 29.1 Å². The summed E-state index contributed by atoms with van der Waals surface area (Å²) in [5, 5.41) is 5.60. The van der Waals surface area contributed by atoms with Crippen LogP contribution >= 0.6 is 0 Å². The Balaban J connectivity index is 2.07. The van der Waals surface area contributed by atoms with Gasteiger partial charge in [-0.1, -0.05) is 44.0 Å². The van der Waals surface area contributed by atoms with Crippen molar-refractivity contribution >= 4 is 20.8 Å². The first-order valence-electron chi connectivity index (χ1n) is 8.88. The van der Waals surface area contributed by atoms with E-state index in [1.807, 2.05) is 24.3 Å². The fraction of sp³-hybridized carbons (Fsp3) is 0.350. The van der Waals surface area contributed by atoms with Crippen LogP contribution in [0.25, 0.3) is 10.8 Å². The normalized spacial score (nSPS) is 11.8. The average Bonchev–Trinajstić information content (AvgIpc) is 2.97. The predicted molar refractivity (Wildman–Crippen MR) is 103 cm³/mol. The molecule has 0 amide bonds. The summed E-state index contributed by atoms with van der Waals surface area (Å²) in [4.78, 5) is 0.236. The average molecular weight is 372 g/mol. The standard InChI is InChI=1S/C20H24N2O3S/c1-4-5-8-13-25-19-11-12-20(18-10-7-6-9-17(18)19)26(23,24)22-16(3)14-15(2)21-22/h6-7,9-12,14H,4-5,8,13H2,1-3H3. The molecule has 1 aromatic heterocycles. The van der Waals surface area contributed by atoms with E-state index < -0.39 is 10.0 Å². The molecule has 0 aliphatic carbocycles. The van der Waals surface area contributed by atoms with Gasteiger partial charge in [-0.3, -0.25) is 0 Å². The van der Waals surface area contributed by atoms with Crippen molar-refractivity contribution in [2.45, 2.75) is 44.9 Å². The van der Waals surface area contributed by atoms with Crippen molar-refractivity contribution in [3.63, 3.8) is 0 Å². The molecule has 0 bridgehead atoms. The van der Waals surface area contributed by atoms with Crippen molar-refractivity contribution in [1.82, 2.24) is 9.19 Å². The molecule has 0 unspecified atom stereocenters. The Morgan fingerprint density at radius 2 is 1.77 bits per heavy atom. The first kappa shape index (κ1) is 18.5. The number of rotatable bonds is 7. The number of benzene rings is 2. The van der Waals surface area contributed by atoms with Crippen LogP contribution in [0.2, 0.25) is 0 Å². The Kier molecular flexibility index (Phi) is 5.32. The number of nitrogens with zero attached hydrogens (tertiary/aromatic N) is 2. The highest BCUT2D eigenvalue weighted by Gasteiger charge is 2.23. The van der Waals surface area contributed by atoms with Gasteiger partial charge in [-0.25, -0.2) is 0 Å². The third-order valence-electron chi connectivity index (χ3n) is 4.32. The molecule has 0 atom stereocenters. The number of aromatic nitrogens is 2. The Morgan fingerprint density at radius 3 is 2.42 bits per heavy atom. The minimum absolute atomic E-state index is 0.236. The largest absolute Gasteiger partial charge is 0.493 e. The summed E-state index contributed by atoms with van der Waals surface area (Å²) in [5.41, 5.74) is 1.26. The van der Waals surface area contributed by atoms with Crippen molar-refractivity contribution in [1.29, 1.82) is 0 Å². The molecule has 2 aromatic carbocycles. The number of aryl methyl sites for hydroxylation is 2. The molecule has 0 aliphatic rings. The SMILES string of the molecule is CCCCCOc1ccc(S(=O)(=O)n2nc(C)cc2C)c2ccccc12. The number of ether oxygens (including phenoxy) is 1. The van der Waals surface area contributed by atoms with Crippen LogP contribution in [0.5, 0.6) is 5.75 Å². The molecule has 0 aliphatic heterocycles. The van der Waals surface area contributed by atoms with Crippen LogP contribution in [0.15, 0.2) is 47.4 Å². The van der Waals surface area contributed by atoms with Crippen LogP contribution in [0.3, 0.4) is 0 Å². The van der Waals surface area contributed by atoms with Crippen LogP contribution in [-0.2, 0) is 10.0 Å². The summed E-state index contributed by atoms with van der Waals surface area (Å²) in [6.45, 7) is 6.30. The lowest BCUT2D eigenvalue weighted by atomic mass is 10.1. The van der Waals surface area contributed by atoms with Crippen LogP contribution < -0.4 is 4.74 Å². The quantitative estimate of drug-likeness (QED) is 0.575. The molecule has 0 fully saturated rings. The summed E-state index contributed by atoms with van der Waals surface area (Å²) in [6, 6.07) is 12.5. The smallest absolute Gasteiger partial charge is 0.283 e. The van der Waals surface area contributed by atoms with Crippen LogP contribution in [0, 0.1) is 13.8 Å². The Hall–Kier alpha value is -2.34. The van der Waals surface area contributed by atoms with E-state index in [0.717, 1.165) is 28.7 Å². The molecule has 3 aromatic rings. The summed E-state index contributed by atoms with van der Waals surface area (Å²) in [5.74, 6) is 0.712. The predicted octanol–water partition coefficient (Wildman–Crippen LogP) is 4.46. The summed E-state index contributed by atoms with van der Waals surface area (Å²) in [6.07, 6.45) is 3.23. The molecule has 0 N–H and O–H groups in total. The van der Waals surface area contributed by atoms with Gasteiger partial charge in [-0.2, -0.15) is 17.6 Å². The maximum absolute atomic E-state index is 13.2. The Morgan fingerprint density at radius 1 is 1.04 bits per heavy atom. The molecule has 0 saturated heterocycles. The molecule has 0 radical (unpaired) electrons. The maximum Gasteiger partial charge on any atom is 0.283 e. The monoisotopic (exact) mass is 372 g/mol. The summed E-state index contributed by atoms with van der Waals surface area (Å²) >= 11 is 0. The topological polar surface area (TPSA) is 61.2 Å². The third kappa shape index (κ3) is 3.46. The zero-order valence-corrected chi connectivity index (χ0v) is 16.2. The lowest BCUT2D eigenvalue weighted by Crippen LogP contribution is -2.16.